The highest BCUT2D eigenvalue weighted by Gasteiger charge is 2.15. The normalized spacial score (nSPS) is 11.1. The second-order valence-electron chi connectivity index (χ2n) is 16.6. The Labute approximate surface area is 446 Å². The van der Waals surface area contributed by atoms with E-state index >= 15 is 0 Å². The fraction of sp³-hybridized carbons (Fsp3) is 0.761. The second kappa shape index (κ2) is 48.2. The molecule has 31 nitrogen and oxygen atoms in total. The molecule has 0 radical (unpaired) electrons. The van der Waals surface area contributed by atoms with Gasteiger partial charge in [-0.25, -0.2) is 0 Å². The van der Waals surface area contributed by atoms with Gasteiger partial charge in [0.05, 0.1) is 125 Å². The number of ether oxygens (including phenoxy) is 6. The molecule has 0 aliphatic carbocycles. The van der Waals surface area contributed by atoms with Crippen LogP contribution < -0.4 is 31.9 Å². The molecule has 77 heavy (non-hydrogen) atoms. The predicted molar refractivity (Wildman–Crippen MR) is 267 cm³/mol. The smallest absolute Gasteiger partial charge is 0.317 e. The summed E-state index contributed by atoms with van der Waals surface area (Å²) in [6, 6.07) is 0. The van der Waals surface area contributed by atoms with Gasteiger partial charge in [0.25, 0.3) is 0 Å². The van der Waals surface area contributed by atoms with Crippen LogP contribution in [-0.2, 0) is 81.2 Å². The zero-order chi connectivity index (χ0) is 57.3. The highest BCUT2D eigenvalue weighted by atomic mass is 16.5. The summed E-state index contributed by atoms with van der Waals surface area (Å²) in [6.07, 6.45) is -1.80. The Morgan fingerprint density at radius 3 is 0.636 bits per heavy atom. The Morgan fingerprint density at radius 2 is 0.442 bits per heavy atom. The molecule has 0 aromatic rings. The maximum atomic E-state index is 12.8. The first-order valence-corrected chi connectivity index (χ1v) is 25.2. The Hall–Kier alpha value is -6.19. The summed E-state index contributed by atoms with van der Waals surface area (Å²) in [6.45, 7) is 4.11. The van der Waals surface area contributed by atoms with Crippen LogP contribution in [0.4, 0.5) is 0 Å². The van der Waals surface area contributed by atoms with E-state index in [4.69, 9.17) is 48.8 Å². The molecule has 0 atom stereocenters. The van der Waals surface area contributed by atoms with Crippen molar-refractivity contribution in [3.8, 4) is 0 Å². The SMILES string of the molecule is O=C(O)CCC(=O)NCCOCCN(CCOCCNC(=O)CCC(=O)O)CC(=O)NCCOCCN(CCOCCNC(=O)CN(CCOCCNC(=O)CCC(=O)O)CCOCCNC(=O)CCC(=O)O)CC(=O)O. The van der Waals surface area contributed by atoms with Crippen LogP contribution in [0.3, 0.4) is 0 Å². The Morgan fingerprint density at radius 1 is 0.247 bits per heavy atom. The molecule has 0 spiro atoms. The van der Waals surface area contributed by atoms with Gasteiger partial charge < -0.3 is 85.9 Å². The number of rotatable bonds is 54. The summed E-state index contributed by atoms with van der Waals surface area (Å²) in [7, 11) is 0. The van der Waals surface area contributed by atoms with Crippen LogP contribution in [0.2, 0.25) is 0 Å². The number of aliphatic carboxylic acids is 5. The standard InChI is InChI=1S/C46H81N9O22/c56-36(1-5-42(62)63)47-9-21-72-27-15-53(16-28-73-22-10-48-37(57)2-6-43(64)65)33-40(60)51-13-25-76-31-19-55(35-46(70)71)20-32-77-26-14-52-41(61)34-54(17-29-74-23-11-49-38(58)3-7-44(66)67)18-30-75-24-12-50-39(59)4-8-45(68)69/h1-35H2,(H,47,56)(H,48,57)(H,49,58)(H,50,59)(H,51,60)(H,52,61)(H,62,63)(H,64,65)(H,66,67)(H,68,69)(H,70,71). The van der Waals surface area contributed by atoms with Crippen LogP contribution in [0.1, 0.15) is 51.4 Å². The Kier molecular flexibility index (Phi) is 44.3. The number of carbonyl (C=O) groups excluding carboxylic acids is 6. The molecule has 0 saturated carbocycles. The minimum absolute atomic E-state index is 0.0406. The van der Waals surface area contributed by atoms with Gasteiger partial charge in [-0.2, -0.15) is 0 Å². The lowest BCUT2D eigenvalue weighted by Crippen LogP contribution is -2.42. The van der Waals surface area contributed by atoms with Crippen molar-refractivity contribution in [2.45, 2.75) is 51.4 Å². The molecule has 0 aliphatic rings. The quantitative estimate of drug-likeness (QED) is 0.0255. The first-order valence-electron chi connectivity index (χ1n) is 25.2. The van der Waals surface area contributed by atoms with Crippen LogP contribution in [-0.4, -0.2) is 283 Å². The number of hydrogen-bond acceptors (Lipinski definition) is 20. The molecule has 0 unspecified atom stereocenters. The summed E-state index contributed by atoms with van der Waals surface area (Å²) < 4.78 is 33.5. The van der Waals surface area contributed by atoms with E-state index in [1.165, 1.54) is 0 Å². The molecular weight excluding hydrogens is 1030 g/mol. The molecular formula is C46H81N9O22. The lowest BCUT2D eigenvalue weighted by atomic mass is 10.3. The Balaban J connectivity index is 4.78. The largest absolute Gasteiger partial charge is 0.481 e. The van der Waals surface area contributed by atoms with Crippen molar-refractivity contribution in [2.24, 2.45) is 0 Å². The van der Waals surface area contributed by atoms with Crippen molar-refractivity contribution in [3.63, 3.8) is 0 Å². The van der Waals surface area contributed by atoms with E-state index in [0.717, 1.165) is 0 Å². The topological polar surface area (TPSA) is 426 Å². The molecule has 0 fully saturated rings. The van der Waals surface area contributed by atoms with Gasteiger partial charge in [-0.1, -0.05) is 0 Å². The molecule has 31 heteroatoms. The van der Waals surface area contributed by atoms with E-state index < -0.39 is 53.5 Å². The summed E-state index contributed by atoms with van der Waals surface area (Å²) in [4.78, 5) is 132. The first kappa shape index (κ1) is 70.8. The molecule has 6 amide bonds. The van der Waals surface area contributed by atoms with Gasteiger partial charge in [0.1, 0.15) is 0 Å². The predicted octanol–water partition coefficient (Wildman–Crippen LogP) is -4.77. The highest BCUT2D eigenvalue weighted by molar-refractivity contribution is 5.82. The molecule has 0 aromatic carbocycles. The molecule has 11 N–H and O–H groups in total. The van der Waals surface area contributed by atoms with E-state index in [0.29, 0.717) is 26.2 Å². The lowest BCUT2D eigenvalue weighted by molar-refractivity contribution is -0.139. The lowest BCUT2D eigenvalue weighted by Gasteiger charge is -2.22. The minimum Gasteiger partial charge on any atom is -0.481 e. The van der Waals surface area contributed by atoms with Gasteiger partial charge in [-0.15, -0.1) is 0 Å². The van der Waals surface area contributed by atoms with Gasteiger partial charge >= 0.3 is 29.8 Å². The van der Waals surface area contributed by atoms with E-state index in [1.807, 2.05) is 0 Å². The maximum absolute atomic E-state index is 12.8. The second-order valence-corrected chi connectivity index (χ2v) is 16.6. The number of carboxylic acid groups (broad SMARTS) is 5. The van der Waals surface area contributed by atoms with Gasteiger partial charge in [0.15, 0.2) is 0 Å². The fourth-order valence-electron chi connectivity index (χ4n) is 6.10. The first-order chi connectivity index (χ1) is 36.9. The third-order valence-corrected chi connectivity index (χ3v) is 10.1. The monoisotopic (exact) mass is 1110 g/mol. The van der Waals surface area contributed by atoms with Crippen LogP contribution in [0.15, 0.2) is 0 Å². The van der Waals surface area contributed by atoms with E-state index in [-0.39, 0.29) is 214 Å². The zero-order valence-electron chi connectivity index (χ0n) is 43.8. The van der Waals surface area contributed by atoms with Crippen LogP contribution >= 0.6 is 0 Å². The van der Waals surface area contributed by atoms with Gasteiger partial charge in [0, 0.05) is 104 Å². The number of nitrogens with one attached hydrogen (secondary N) is 6. The van der Waals surface area contributed by atoms with Crippen molar-refractivity contribution in [2.75, 3.05) is 177 Å². The molecule has 0 rings (SSSR count). The van der Waals surface area contributed by atoms with E-state index in [2.05, 4.69) is 31.9 Å². The van der Waals surface area contributed by atoms with Crippen molar-refractivity contribution >= 4 is 65.3 Å². The van der Waals surface area contributed by atoms with Crippen LogP contribution in [0.5, 0.6) is 0 Å². The molecule has 0 saturated heterocycles. The zero-order valence-corrected chi connectivity index (χ0v) is 43.8. The number of carboxylic acids is 5. The van der Waals surface area contributed by atoms with Crippen molar-refractivity contribution in [1.29, 1.82) is 0 Å². The molecule has 0 aromatic heterocycles. The summed E-state index contributed by atoms with van der Waals surface area (Å²) in [5.41, 5.74) is 0. The molecule has 0 aliphatic heterocycles. The average Bonchev–Trinajstić information content (AvgIpc) is 3.36. The van der Waals surface area contributed by atoms with Crippen molar-refractivity contribution in [3.05, 3.63) is 0 Å². The minimum atomic E-state index is -1.09. The maximum Gasteiger partial charge on any atom is 0.317 e. The molecule has 0 bridgehead atoms. The third kappa shape index (κ3) is 50.4. The van der Waals surface area contributed by atoms with Gasteiger partial charge in [-0.3, -0.25) is 67.4 Å². The van der Waals surface area contributed by atoms with Crippen LogP contribution in [0.25, 0.3) is 0 Å². The van der Waals surface area contributed by atoms with E-state index in [9.17, 15) is 57.8 Å². The molecule has 0 heterocycles. The summed E-state index contributed by atoms with van der Waals surface area (Å²) in [5.74, 6) is -7.76. The molecule has 442 valence electrons. The van der Waals surface area contributed by atoms with Gasteiger partial charge in [0.2, 0.25) is 35.4 Å². The number of amides is 6. The average molecular weight is 1110 g/mol. The van der Waals surface area contributed by atoms with Crippen LogP contribution in [0, 0.1) is 0 Å². The van der Waals surface area contributed by atoms with Crippen molar-refractivity contribution in [1.82, 2.24) is 46.6 Å². The number of carbonyl (C=O) groups is 11. The number of nitrogens with zero attached hydrogens (tertiary/aromatic N) is 3. The fourth-order valence-corrected chi connectivity index (χ4v) is 6.10. The van der Waals surface area contributed by atoms with Crippen molar-refractivity contribution < 1.29 is 107 Å². The highest BCUT2D eigenvalue weighted by Crippen LogP contribution is 1.97. The summed E-state index contributed by atoms with van der Waals surface area (Å²) >= 11 is 0. The Bertz CT molecular complexity index is 1550. The van der Waals surface area contributed by atoms with E-state index in [1.54, 1.807) is 14.7 Å². The van der Waals surface area contributed by atoms with Gasteiger partial charge in [-0.05, 0) is 0 Å². The summed E-state index contributed by atoms with van der Waals surface area (Å²) in [5, 5.41) is 60.0. The number of hydrogen-bond donors (Lipinski definition) is 11. The third-order valence-electron chi connectivity index (χ3n) is 10.1.